The number of halogens is 1. The summed E-state index contributed by atoms with van der Waals surface area (Å²) in [5.74, 6) is -1.31. The standard InChI is InChI=1S/C33H36ClN3O3S/c1-20-6-3-4-9-25(20)30(38)26-27(31-21(2)14-19-41-31)29(33(40)36-17-15-35-16-18-36)37(32(39)23-7-5-8-23)28(26)22-10-12-24(34)13-11-22/h3-4,6,9-14,19,23,26-29,35H,5,7-8,15-18H2,1-2H3. The highest BCUT2D eigenvalue weighted by atomic mass is 35.5. The van der Waals surface area contributed by atoms with Crippen LogP contribution in [0.4, 0.5) is 0 Å². The van der Waals surface area contributed by atoms with Crippen LogP contribution >= 0.6 is 22.9 Å². The number of ketones is 1. The second-order valence-electron chi connectivity index (χ2n) is 11.6. The highest BCUT2D eigenvalue weighted by Crippen LogP contribution is 2.54. The smallest absolute Gasteiger partial charge is 0.246 e. The Labute approximate surface area is 250 Å². The first-order valence-electron chi connectivity index (χ1n) is 14.6. The predicted octanol–water partition coefficient (Wildman–Crippen LogP) is 5.79. The summed E-state index contributed by atoms with van der Waals surface area (Å²) in [7, 11) is 0. The molecule has 3 heterocycles. The minimum atomic E-state index is -0.766. The predicted molar refractivity (Wildman–Crippen MR) is 162 cm³/mol. The molecule has 4 atom stereocenters. The Bertz CT molecular complexity index is 1440. The number of hydrogen-bond acceptors (Lipinski definition) is 5. The molecule has 1 N–H and O–H groups in total. The van der Waals surface area contributed by atoms with Crippen molar-refractivity contribution in [3.05, 3.63) is 92.1 Å². The molecule has 2 aliphatic heterocycles. The molecule has 3 fully saturated rings. The minimum absolute atomic E-state index is 0.0102. The van der Waals surface area contributed by atoms with E-state index in [0.717, 1.165) is 40.8 Å². The van der Waals surface area contributed by atoms with E-state index in [1.165, 1.54) is 0 Å². The fraction of sp³-hybridized carbons (Fsp3) is 0.424. The van der Waals surface area contributed by atoms with Crippen LogP contribution in [0, 0.1) is 25.7 Å². The lowest BCUT2D eigenvalue weighted by atomic mass is 9.77. The molecule has 214 valence electrons. The van der Waals surface area contributed by atoms with Gasteiger partial charge in [-0.3, -0.25) is 14.4 Å². The first-order valence-corrected chi connectivity index (χ1v) is 15.8. The highest BCUT2D eigenvalue weighted by molar-refractivity contribution is 7.10. The van der Waals surface area contributed by atoms with E-state index in [2.05, 4.69) is 11.4 Å². The zero-order chi connectivity index (χ0) is 28.7. The summed E-state index contributed by atoms with van der Waals surface area (Å²) >= 11 is 7.90. The van der Waals surface area contributed by atoms with Gasteiger partial charge in [0.2, 0.25) is 11.8 Å². The molecule has 6 nitrogen and oxygen atoms in total. The van der Waals surface area contributed by atoms with E-state index in [4.69, 9.17) is 11.6 Å². The number of carbonyl (C=O) groups is 3. The minimum Gasteiger partial charge on any atom is -0.338 e. The topological polar surface area (TPSA) is 69.7 Å². The van der Waals surface area contributed by atoms with E-state index in [0.29, 0.717) is 36.8 Å². The largest absolute Gasteiger partial charge is 0.338 e. The van der Waals surface area contributed by atoms with Gasteiger partial charge in [-0.25, -0.2) is 0 Å². The number of amides is 2. The number of hydrogen-bond donors (Lipinski definition) is 1. The summed E-state index contributed by atoms with van der Waals surface area (Å²) in [6, 6.07) is 15.8. The molecule has 3 aromatic rings. The molecule has 1 aliphatic carbocycles. The van der Waals surface area contributed by atoms with Crippen molar-refractivity contribution < 1.29 is 14.4 Å². The van der Waals surface area contributed by atoms with Gasteiger partial charge < -0.3 is 15.1 Å². The highest BCUT2D eigenvalue weighted by Gasteiger charge is 2.59. The van der Waals surface area contributed by atoms with Gasteiger partial charge in [-0.2, -0.15) is 0 Å². The molecule has 8 heteroatoms. The summed E-state index contributed by atoms with van der Waals surface area (Å²) in [6.45, 7) is 6.58. The molecule has 0 spiro atoms. The number of aryl methyl sites for hydroxylation is 2. The summed E-state index contributed by atoms with van der Waals surface area (Å²) in [5.41, 5.74) is 3.42. The van der Waals surface area contributed by atoms with E-state index >= 15 is 0 Å². The van der Waals surface area contributed by atoms with Crippen molar-refractivity contribution in [2.75, 3.05) is 26.2 Å². The van der Waals surface area contributed by atoms with Crippen molar-refractivity contribution in [2.24, 2.45) is 11.8 Å². The molecule has 41 heavy (non-hydrogen) atoms. The molecule has 2 saturated heterocycles. The van der Waals surface area contributed by atoms with Crippen LogP contribution in [0.1, 0.15) is 63.1 Å². The van der Waals surface area contributed by atoms with E-state index < -0.39 is 23.9 Å². The molecule has 1 aromatic heterocycles. The number of likely N-dealkylation sites (tertiary alicyclic amines) is 1. The maximum absolute atomic E-state index is 14.8. The Balaban J connectivity index is 1.59. The molecular weight excluding hydrogens is 554 g/mol. The number of carbonyl (C=O) groups excluding carboxylic acids is 3. The number of Topliss-reactive ketones (excluding diaryl/α,β-unsaturated/α-hetero) is 1. The van der Waals surface area contributed by atoms with Crippen molar-refractivity contribution in [3.63, 3.8) is 0 Å². The summed E-state index contributed by atoms with van der Waals surface area (Å²) in [5, 5.41) is 5.95. The van der Waals surface area contributed by atoms with Crippen molar-refractivity contribution in [3.8, 4) is 0 Å². The van der Waals surface area contributed by atoms with E-state index in [1.54, 1.807) is 11.3 Å². The van der Waals surface area contributed by atoms with Gasteiger partial charge in [0.05, 0.1) is 12.0 Å². The van der Waals surface area contributed by atoms with Crippen LogP contribution < -0.4 is 5.32 Å². The van der Waals surface area contributed by atoms with Gasteiger partial charge in [0.25, 0.3) is 0 Å². The van der Waals surface area contributed by atoms with Crippen molar-refractivity contribution in [2.45, 2.75) is 51.1 Å². The fourth-order valence-electron chi connectivity index (χ4n) is 6.79. The van der Waals surface area contributed by atoms with Gasteiger partial charge in [0.15, 0.2) is 5.78 Å². The first kappa shape index (κ1) is 28.1. The molecule has 1 saturated carbocycles. The molecular formula is C33H36ClN3O3S. The second kappa shape index (κ2) is 11.7. The monoisotopic (exact) mass is 589 g/mol. The molecule has 3 aliphatic rings. The molecule has 4 unspecified atom stereocenters. The maximum Gasteiger partial charge on any atom is 0.246 e. The second-order valence-corrected chi connectivity index (χ2v) is 13.0. The van der Waals surface area contributed by atoms with Crippen LogP contribution in [0.5, 0.6) is 0 Å². The van der Waals surface area contributed by atoms with Crippen LogP contribution in [0.25, 0.3) is 0 Å². The first-order chi connectivity index (χ1) is 19.9. The maximum atomic E-state index is 14.8. The third-order valence-electron chi connectivity index (χ3n) is 9.19. The van der Waals surface area contributed by atoms with Crippen LogP contribution in [-0.2, 0) is 9.59 Å². The van der Waals surface area contributed by atoms with E-state index in [9.17, 15) is 14.4 Å². The van der Waals surface area contributed by atoms with Crippen molar-refractivity contribution in [1.82, 2.24) is 15.1 Å². The lowest BCUT2D eigenvalue weighted by Gasteiger charge is -2.39. The number of nitrogens with zero attached hydrogens (tertiary/aromatic N) is 2. The molecule has 6 rings (SSSR count). The summed E-state index contributed by atoms with van der Waals surface area (Å²) < 4.78 is 0. The quantitative estimate of drug-likeness (QED) is 0.370. The van der Waals surface area contributed by atoms with Gasteiger partial charge in [-0.1, -0.05) is 54.4 Å². The Hall–Kier alpha value is -3.00. The third kappa shape index (κ3) is 5.13. The third-order valence-corrected chi connectivity index (χ3v) is 10.6. The lowest BCUT2D eigenvalue weighted by molar-refractivity contribution is -0.150. The zero-order valence-electron chi connectivity index (χ0n) is 23.5. The molecule has 2 amide bonds. The van der Waals surface area contributed by atoms with Crippen molar-refractivity contribution >= 4 is 40.5 Å². The summed E-state index contributed by atoms with van der Waals surface area (Å²) in [6.07, 6.45) is 2.64. The molecule has 2 aromatic carbocycles. The van der Waals surface area contributed by atoms with Gasteiger partial charge in [-0.15, -0.1) is 11.3 Å². The Morgan fingerprint density at radius 2 is 1.61 bits per heavy atom. The van der Waals surface area contributed by atoms with Crippen LogP contribution in [0.2, 0.25) is 5.02 Å². The van der Waals surface area contributed by atoms with E-state index in [-0.39, 0.29) is 23.5 Å². The normalized spacial score (nSPS) is 24.8. The van der Waals surface area contributed by atoms with Crippen molar-refractivity contribution in [1.29, 1.82) is 0 Å². The number of rotatable bonds is 6. The number of benzene rings is 2. The fourth-order valence-corrected chi connectivity index (χ4v) is 8.02. The molecule has 0 radical (unpaired) electrons. The Morgan fingerprint density at radius 1 is 0.902 bits per heavy atom. The van der Waals surface area contributed by atoms with Gasteiger partial charge >= 0.3 is 0 Å². The van der Waals surface area contributed by atoms with Gasteiger partial charge in [0, 0.05) is 53.5 Å². The average Bonchev–Trinajstić information content (AvgIpc) is 3.53. The van der Waals surface area contributed by atoms with Crippen LogP contribution in [0.15, 0.2) is 60.0 Å². The number of piperazine rings is 1. The van der Waals surface area contributed by atoms with Gasteiger partial charge in [0.1, 0.15) is 6.04 Å². The molecule has 0 bridgehead atoms. The van der Waals surface area contributed by atoms with Crippen LogP contribution in [0.3, 0.4) is 0 Å². The average molecular weight is 590 g/mol. The van der Waals surface area contributed by atoms with Gasteiger partial charge in [-0.05, 0) is 67.0 Å². The van der Waals surface area contributed by atoms with Crippen LogP contribution in [-0.4, -0.2) is 59.6 Å². The number of nitrogens with one attached hydrogen (secondary N) is 1. The summed E-state index contributed by atoms with van der Waals surface area (Å²) in [4.78, 5) is 48.6. The lowest BCUT2D eigenvalue weighted by Crippen LogP contribution is -2.56. The Morgan fingerprint density at radius 3 is 2.22 bits per heavy atom. The van der Waals surface area contributed by atoms with E-state index in [1.807, 2.05) is 77.6 Å². The SMILES string of the molecule is Cc1ccccc1C(=O)C1C(c2sccc2C)C(C(=O)N2CCNCC2)N(C(=O)C2CCC2)C1c1ccc(Cl)cc1. The zero-order valence-corrected chi connectivity index (χ0v) is 25.1. The Kier molecular flexibility index (Phi) is 8.03. The number of thiophene rings is 1.